The minimum Gasteiger partial charge on any atom is -0.489 e. The highest BCUT2D eigenvalue weighted by Gasteiger charge is 2.12. The van der Waals surface area contributed by atoms with Gasteiger partial charge in [0, 0.05) is 18.1 Å². The summed E-state index contributed by atoms with van der Waals surface area (Å²) in [5, 5.41) is 7.69. The van der Waals surface area contributed by atoms with Gasteiger partial charge in [0.15, 0.2) is 5.75 Å². The fraction of sp³-hybridized carbons (Fsp3) is 0.769. The van der Waals surface area contributed by atoms with Crippen molar-refractivity contribution in [3.63, 3.8) is 0 Å². The molecule has 17 heavy (non-hydrogen) atoms. The van der Waals surface area contributed by atoms with Gasteiger partial charge in [-0.25, -0.2) is 0 Å². The first-order valence-electron chi connectivity index (χ1n) is 6.36. The first kappa shape index (κ1) is 14.0. The SMILES string of the molecule is CCC(C)(C)NCCOc1cnn(C(C)C)c1. The highest BCUT2D eigenvalue weighted by atomic mass is 16.5. The third kappa shape index (κ3) is 4.77. The lowest BCUT2D eigenvalue weighted by Gasteiger charge is -2.24. The van der Waals surface area contributed by atoms with Crippen molar-refractivity contribution in [1.82, 2.24) is 15.1 Å². The Bertz CT molecular complexity index is 331. The van der Waals surface area contributed by atoms with Crippen molar-refractivity contribution in [2.45, 2.75) is 52.6 Å². The van der Waals surface area contributed by atoms with Crippen molar-refractivity contribution >= 4 is 0 Å². The fourth-order valence-corrected chi connectivity index (χ4v) is 1.36. The second-order valence-corrected chi connectivity index (χ2v) is 5.26. The monoisotopic (exact) mass is 239 g/mol. The molecule has 1 rings (SSSR count). The van der Waals surface area contributed by atoms with Gasteiger partial charge < -0.3 is 10.1 Å². The van der Waals surface area contributed by atoms with E-state index in [1.165, 1.54) is 0 Å². The topological polar surface area (TPSA) is 39.1 Å². The molecule has 0 bridgehead atoms. The molecule has 98 valence electrons. The molecule has 4 heteroatoms. The molecular formula is C13H25N3O. The van der Waals surface area contributed by atoms with Gasteiger partial charge in [0.05, 0.1) is 12.4 Å². The van der Waals surface area contributed by atoms with E-state index in [-0.39, 0.29) is 5.54 Å². The van der Waals surface area contributed by atoms with E-state index in [0.29, 0.717) is 12.6 Å². The second-order valence-electron chi connectivity index (χ2n) is 5.26. The maximum atomic E-state index is 5.63. The number of ether oxygens (including phenoxy) is 1. The predicted octanol–water partition coefficient (Wildman–Crippen LogP) is 2.62. The van der Waals surface area contributed by atoms with Crippen LogP contribution in [0.2, 0.25) is 0 Å². The van der Waals surface area contributed by atoms with E-state index < -0.39 is 0 Å². The van der Waals surface area contributed by atoms with E-state index >= 15 is 0 Å². The summed E-state index contributed by atoms with van der Waals surface area (Å²) < 4.78 is 7.53. The Morgan fingerprint density at radius 2 is 2.18 bits per heavy atom. The Kier molecular flexibility index (Phi) is 5.00. The van der Waals surface area contributed by atoms with Gasteiger partial charge in [0.2, 0.25) is 0 Å². The van der Waals surface area contributed by atoms with E-state index in [9.17, 15) is 0 Å². The molecule has 0 amide bonds. The first-order chi connectivity index (χ1) is 7.94. The quantitative estimate of drug-likeness (QED) is 0.743. The van der Waals surface area contributed by atoms with Crippen LogP contribution in [0.3, 0.4) is 0 Å². The molecule has 0 aromatic carbocycles. The molecule has 1 aromatic rings. The van der Waals surface area contributed by atoms with E-state index in [1.54, 1.807) is 6.20 Å². The van der Waals surface area contributed by atoms with Gasteiger partial charge in [0.1, 0.15) is 6.61 Å². The van der Waals surface area contributed by atoms with E-state index in [0.717, 1.165) is 18.7 Å². The number of nitrogens with one attached hydrogen (secondary N) is 1. The number of hydrogen-bond acceptors (Lipinski definition) is 3. The van der Waals surface area contributed by atoms with Crippen LogP contribution >= 0.6 is 0 Å². The van der Waals surface area contributed by atoms with Gasteiger partial charge in [-0.2, -0.15) is 5.10 Å². The zero-order valence-electron chi connectivity index (χ0n) is 11.7. The van der Waals surface area contributed by atoms with Crippen LogP contribution in [0.1, 0.15) is 47.1 Å². The van der Waals surface area contributed by atoms with Crippen LogP contribution in [-0.2, 0) is 0 Å². The fourth-order valence-electron chi connectivity index (χ4n) is 1.36. The predicted molar refractivity (Wildman–Crippen MR) is 70.5 cm³/mol. The highest BCUT2D eigenvalue weighted by Crippen LogP contribution is 2.12. The average Bonchev–Trinajstić information content (AvgIpc) is 2.73. The molecule has 1 heterocycles. The van der Waals surface area contributed by atoms with Crippen molar-refractivity contribution in [1.29, 1.82) is 0 Å². The summed E-state index contributed by atoms with van der Waals surface area (Å²) in [4.78, 5) is 0. The number of aromatic nitrogens is 2. The molecule has 0 atom stereocenters. The maximum absolute atomic E-state index is 5.63. The Morgan fingerprint density at radius 1 is 1.47 bits per heavy atom. The summed E-state index contributed by atoms with van der Waals surface area (Å²) in [5.74, 6) is 0.842. The van der Waals surface area contributed by atoms with Gasteiger partial charge in [-0.1, -0.05) is 6.92 Å². The molecule has 4 nitrogen and oxygen atoms in total. The summed E-state index contributed by atoms with van der Waals surface area (Å²) in [6.07, 6.45) is 4.82. The Labute approximate surface area is 104 Å². The standard InChI is InChI=1S/C13H25N3O/c1-6-13(4,5)14-7-8-17-12-9-15-16(10-12)11(2)3/h9-11,14H,6-8H2,1-5H3. The van der Waals surface area contributed by atoms with Crippen molar-refractivity contribution < 1.29 is 4.74 Å². The molecule has 0 aliphatic rings. The molecular weight excluding hydrogens is 214 g/mol. The third-order valence-electron chi connectivity index (χ3n) is 2.97. The van der Waals surface area contributed by atoms with E-state index in [2.05, 4.69) is 45.0 Å². The number of hydrogen-bond donors (Lipinski definition) is 1. The number of rotatable bonds is 7. The van der Waals surface area contributed by atoms with Crippen LogP contribution in [0.5, 0.6) is 5.75 Å². The van der Waals surface area contributed by atoms with Crippen LogP contribution in [0.15, 0.2) is 12.4 Å². The lowest BCUT2D eigenvalue weighted by molar-refractivity contribution is 0.280. The van der Waals surface area contributed by atoms with Crippen molar-refractivity contribution in [2.75, 3.05) is 13.2 Å². The normalized spacial score (nSPS) is 12.1. The third-order valence-corrected chi connectivity index (χ3v) is 2.97. The zero-order chi connectivity index (χ0) is 12.9. The van der Waals surface area contributed by atoms with Crippen molar-refractivity contribution in [2.24, 2.45) is 0 Å². The molecule has 0 fully saturated rings. The van der Waals surface area contributed by atoms with Crippen LogP contribution in [0.25, 0.3) is 0 Å². The minimum absolute atomic E-state index is 0.186. The molecule has 0 spiro atoms. The molecule has 0 unspecified atom stereocenters. The second kappa shape index (κ2) is 6.05. The summed E-state index contributed by atoms with van der Waals surface area (Å²) in [5.41, 5.74) is 0.186. The number of nitrogens with zero attached hydrogens (tertiary/aromatic N) is 2. The zero-order valence-corrected chi connectivity index (χ0v) is 11.7. The average molecular weight is 239 g/mol. The lowest BCUT2D eigenvalue weighted by atomic mass is 10.0. The minimum atomic E-state index is 0.186. The van der Waals surface area contributed by atoms with Crippen LogP contribution in [0.4, 0.5) is 0 Å². The van der Waals surface area contributed by atoms with Crippen LogP contribution in [-0.4, -0.2) is 28.5 Å². The summed E-state index contributed by atoms with van der Waals surface area (Å²) in [7, 11) is 0. The Hall–Kier alpha value is -1.03. The lowest BCUT2D eigenvalue weighted by Crippen LogP contribution is -2.40. The highest BCUT2D eigenvalue weighted by molar-refractivity contribution is 5.11. The van der Waals surface area contributed by atoms with Crippen LogP contribution in [0, 0.1) is 0 Å². The summed E-state index contributed by atoms with van der Waals surface area (Å²) in [6.45, 7) is 12.3. The first-order valence-corrected chi connectivity index (χ1v) is 6.36. The van der Waals surface area contributed by atoms with Crippen molar-refractivity contribution in [3.8, 4) is 5.75 Å². The van der Waals surface area contributed by atoms with Gasteiger partial charge >= 0.3 is 0 Å². The van der Waals surface area contributed by atoms with Gasteiger partial charge in [-0.05, 0) is 34.1 Å². The Balaban J connectivity index is 2.26. The molecule has 1 N–H and O–H groups in total. The van der Waals surface area contributed by atoms with Crippen molar-refractivity contribution in [3.05, 3.63) is 12.4 Å². The largest absolute Gasteiger partial charge is 0.489 e. The summed E-state index contributed by atoms with van der Waals surface area (Å²) >= 11 is 0. The Morgan fingerprint density at radius 3 is 2.71 bits per heavy atom. The molecule has 0 saturated heterocycles. The molecule has 0 aliphatic heterocycles. The molecule has 0 radical (unpaired) electrons. The molecule has 1 aromatic heterocycles. The smallest absolute Gasteiger partial charge is 0.157 e. The van der Waals surface area contributed by atoms with E-state index in [4.69, 9.17) is 4.74 Å². The van der Waals surface area contributed by atoms with Gasteiger partial charge in [-0.15, -0.1) is 0 Å². The molecule has 0 aliphatic carbocycles. The maximum Gasteiger partial charge on any atom is 0.157 e. The van der Waals surface area contributed by atoms with Gasteiger partial charge in [-0.3, -0.25) is 4.68 Å². The van der Waals surface area contributed by atoms with Gasteiger partial charge in [0.25, 0.3) is 0 Å². The molecule has 0 saturated carbocycles. The van der Waals surface area contributed by atoms with Crippen LogP contribution < -0.4 is 10.1 Å². The summed E-state index contributed by atoms with van der Waals surface area (Å²) in [6, 6.07) is 0.379. The van der Waals surface area contributed by atoms with E-state index in [1.807, 2.05) is 10.9 Å².